The van der Waals surface area contributed by atoms with Gasteiger partial charge < -0.3 is 9.84 Å². The molecule has 5 atom stereocenters. The fraction of sp³-hybridized carbons (Fsp3) is 1.00. The van der Waals surface area contributed by atoms with Gasteiger partial charge >= 0.3 is 0 Å². The lowest BCUT2D eigenvalue weighted by Gasteiger charge is -2.21. The van der Waals surface area contributed by atoms with E-state index < -0.39 is 0 Å². The third-order valence-electron chi connectivity index (χ3n) is 3.82. The van der Waals surface area contributed by atoms with E-state index in [9.17, 15) is 0 Å². The van der Waals surface area contributed by atoms with Crippen LogP contribution in [-0.4, -0.2) is 23.9 Å². The van der Waals surface area contributed by atoms with Gasteiger partial charge in [0, 0.05) is 0 Å². The van der Waals surface area contributed by atoms with Crippen molar-refractivity contribution in [1.29, 1.82) is 0 Å². The van der Waals surface area contributed by atoms with Gasteiger partial charge in [-0.3, -0.25) is 0 Å². The minimum Gasteiger partial charge on any atom is -0.394 e. The average Bonchev–Trinajstić information content (AvgIpc) is 2.94. The SMILES string of the molecule is CC(C)C[C@H](C)C[C@H](C)C[C@H](C)C1O[C@H]1CO. The van der Waals surface area contributed by atoms with Gasteiger partial charge in [-0.05, 0) is 42.9 Å². The Hall–Kier alpha value is -0.0800. The average molecular weight is 242 g/mol. The van der Waals surface area contributed by atoms with Crippen LogP contribution in [0.15, 0.2) is 0 Å². The van der Waals surface area contributed by atoms with Crippen molar-refractivity contribution < 1.29 is 9.84 Å². The van der Waals surface area contributed by atoms with Crippen LogP contribution < -0.4 is 0 Å². The Balaban J connectivity index is 2.18. The van der Waals surface area contributed by atoms with Crippen molar-refractivity contribution in [2.45, 2.75) is 66.1 Å². The maximum Gasteiger partial charge on any atom is 0.107 e. The minimum absolute atomic E-state index is 0.130. The number of hydrogen-bond donors (Lipinski definition) is 1. The lowest BCUT2D eigenvalue weighted by molar-refractivity contribution is 0.235. The molecule has 0 aromatic carbocycles. The van der Waals surface area contributed by atoms with Gasteiger partial charge in [-0.1, -0.05) is 34.6 Å². The van der Waals surface area contributed by atoms with Crippen LogP contribution in [-0.2, 0) is 4.74 Å². The van der Waals surface area contributed by atoms with Gasteiger partial charge in [0.2, 0.25) is 0 Å². The fourth-order valence-corrected chi connectivity index (χ4v) is 3.26. The van der Waals surface area contributed by atoms with E-state index >= 15 is 0 Å². The summed E-state index contributed by atoms with van der Waals surface area (Å²) in [6.07, 6.45) is 4.33. The highest BCUT2D eigenvalue weighted by Crippen LogP contribution is 2.34. The van der Waals surface area contributed by atoms with Crippen molar-refractivity contribution >= 4 is 0 Å². The second-order valence-electron chi connectivity index (χ2n) is 6.61. The van der Waals surface area contributed by atoms with E-state index in [-0.39, 0.29) is 12.7 Å². The van der Waals surface area contributed by atoms with Crippen LogP contribution in [0.2, 0.25) is 0 Å². The van der Waals surface area contributed by atoms with Crippen LogP contribution in [0.1, 0.15) is 53.9 Å². The predicted molar refractivity (Wildman–Crippen MR) is 71.9 cm³/mol. The largest absolute Gasteiger partial charge is 0.394 e. The molecule has 1 saturated heterocycles. The van der Waals surface area contributed by atoms with Crippen LogP contribution in [0.3, 0.4) is 0 Å². The summed E-state index contributed by atoms with van der Waals surface area (Å²) >= 11 is 0. The first-order valence-electron chi connectivity index (χ1n) is 7.20. The second-order valence-corrected chi connectivity index (χ2v) is 6.61. The molecule has 2 heteroatoms. The van der Waals surface area contributed by atoms with Crippen molar-refractivity contribution in [2.75, 3.05) is 6.61 Å². The number of aliphatic hydroxyl groups excluding tert-OH is 1. The van der Waals surface area contributed by atoms with E-state index in [0.29, 0.717) is 12.0 Å². The minimum atomic E-state index is 0.130. The normalized spacial score (nSPS) is 29.1. The Morgan fingerprint density at radius 1 is 0.941 bits per heavy atom. The number of epoxide rings is 1. The Kier molecular flexibility index (Phi) is 5.94. The Bertz CT molecular complexity index is 215. The van der Waals surface area contributed by atoms with Crippen LogP contribution in [0, 0.1) is 23.7 Å². The molecule has 0 aromatic rings. The first kappa shape index (κ1) is 15.0. The quantitative estimate of drug-likeness (QED) is 0.661. The summed E-state index contributed by atoms with van der Waals surface area (Å²) < 4.78 is 5.45. The zero-order chi connectivity index (χ0) is 13.0. The maximum atomic E-state index is 8.98. The fourth-order valence-electron chi connectivity index (χ4n) is 3.26. The highest BCUT2D eigenvalue weighted by Gasteiger charge is 2.42. The van der Waals surface area contributed by atoms with Crippen LogP contribution in [0.4, 0.5) is 0 Å². The third-order valence-corrected chi connectivity index (χ3v) is 3.82. The standard InChI is InChI=1S/C15H30O2/c1-10(2)6-11(3)7-12(4)8-13(5)15-14(9-16)17-15/h10-16H,6-9H2,1-5H3/t11-,12-,13-,14-,15?/m0/s1. The number of hydrogen-bond acceptors (Lipinski definition) is 2. The van der Waals surface area contributed by atoms with Crippen LogP contribution in [0.5, 0.6) is 0 Å². The zero-order valence-electron chi connectivity index (χ0n) is 12.1. The Morgan fingerprint density at radius 3 is 2.00 bits per heavy atom. The lowest BCUT2D eigenvalue weighted by atomic mass is 9.85. The molecule has 1 aliphatic heterocycles. The van der Waals surface area contributed by atoms with Crippen molar-refractivity contribution in [3.8, 4) is 0 Å². The maximum absolute atomic E-state index is 8.98. The highest BCUT2D eigenvalue weighted by atomic mass is 16.6. The summed E-state index contributed by atoms with van der Waals surface area (Å²) in [6.45, 7) is 11.8. The molecule has 0 amide bonds. The summed E-state index contributed by atoms with van der Waals surface area (Å²) in [7, 11) is 0. The first-order valence-corrected chi connectivity index (χ1v) is 7.20. The molecular weight excluding hydrogens is 212 g/mol. The molecule has 1 N–H and O–H groups in total. The van der Waals surface area contributed by atoms with Gasteiger partial charge in [-0.25, -0.2) is 0 Å². The van der Waals surface area contributed by atoms with E-state index in [4.69, 9.17) is 9.84 Å². The lowest BCUT2D eigenvalue weighted by Crippen LogP contribution is -2.15. The van der Waals surface area contributed by atoms with E-state index in [1.807, 2.05) is 0 Å². The molecular formula is C15H30O2. The Labute approximate surface area is 107 Å². The molecule has 1 aliphatic rings. The molecule has 102 valence electrons. The molecule has 0 radical (unpaired) electrons. The van der Waals surface area contributed by atoms with Gasteiger partial charge in [0.25, 0.3) is 0 Å². The van der Waals surface area contributed by atoms with Gasteiger partial charge in [0.05, 0.1) is 12.7 Å². The molecule has 0 saturated carbocycles. The van der Waals surface area contributed by atoms with Crippen molar-refractivity contribution in [2.24, 2.45) is 23.7 Å². The van der Waals surface area contributed by atoms with E-state index in [1.54, 1.807) is 0 Å². The third kappa shape index (κ3) is 5.39. The van der Waals surface area contributed by atoms with Crippen LogP contribution in [0.25, 0.3) is 0 Å². The summed E-state index contributed by atoms with van der Waals surface area (Å²) in [5.41, 5.74) is 0. The first-order chi connectivity index (χ1) is 7.93. The molecule has 1 fully saturated rings. The molecule has 1 unspecified atom stereocenters. The zero-order valence-corrected chi connectivity index (χ0v) is 12.1. The van der Waals surface area contributed by atoms with Gasteiger partial charge in [-0.2, -0.15) is 0 Å². The molecule has 0 spiro atoms. The highest BCUT2D eigenvalue weighted by molar-refractivity contribution is 4.88. The smallest absolute Gasteiger partial charge is 0.107 e. The van der Waals surface area contributed by atoms with Gasteiger partial charge in [-0.15, -0.1) is 0 Å². The molecule has 1 heterocycles. The van der Waals surface area contributed by atoms with Crippen molar-refractivity contribution in [3.05, 3.63) is 0 Å². The predicted octanol–water partition coefficient (Wildman–Crippen LogP) is 3.48. The Morgan fingerprint density at radius 2 is 1.53 bits per heavy atom. The number of ether oxygens (including phenoxy) is 1. The van der Waals surface area contributed by atoms with Gasteiger partial charge in [0.1, 0.15) is 6.10 Å². The van der Waals surface area contributed by atoms with E-state index in [1.165, 1.54) is 19.3 Å². The molecule has 0 aromatic heterocycles. The second kappa shape index (κ2) is 6.75. The summed E-state index contributed by atoms with van der Waals surface area (Å²) in [4.78, 5) is 0. The van der Waals surface area contributed by atoms with E-state index in [0.717, 1.165) is 17.8 Å². The number of rotatable bonds is 8. The monoisotopic (exact) mass is 242 g/mol. The van der Waals surface area contributed by atoms with Gasteiger partial charge in [0.15, 0.2) is 0 Å². The molecule has 1 rings (SSSR count). The molecule has 17 heavy (non-hydrogen) atoms. The molecule has 0 aliphatic carbocycles. The van der Waals surface area contributed by atoms with Crippen molar-refractivity contribution in [3.63, 3.8) is 0 Å². The number of aliphatic hydroxyl groups is 1. The molecule has 0 bridgehead atoms. The molecule has 2 nitrogen and oxygen atoms in total. The topological polar surface area (TPSA) is 32.8 Å². The van der Waals surface area contributed by atoms with E-state index in [2.05, 4.69) is 34.6 Å². The summed E-state index contributed by atoms with van der Waals surface area (Å²) in [5, 5.41) is 8.98. The summed E-state index contributed by atoms with van der Waals surface area (Å²) in [5.74, 6) is 2.99. The summed E-state index contributed by atoms with van der Waals surface area (Å²) in [6, 6.07) is 0. The van der Waals surface area contributed by atoms with Crippen molar-refractivity contribution in [1.82, 2.24) is 0 Å². The van der Waals surface area contributed by atoms with Crippen LogP contribution >= 0.6 is 0 Å².